The Morgan fingerprint density at radius 1 is 0.345 bits per heavy atom. The van der Waals surface area contributed by atoms with Gasteiger partial charge in [0, 0.05) is 20.3 Å². The number of hydrogen-bond acceptors (Lipinski definition) is 32. The van der Waals surface area contributed by atoms with Crippen LogP contribution in [0.2, 0.25) is 0 Å². The lowest BCUT2D eigenvalue weighted by Crippen LogP contribution is -2.71. The number of allylic oxidation sites excluding steroid dienone is 3. The zero-order chi connectivity index (χ0) is 86.9. The van der Waals surface area contributed by atoms with E-state index in [1.165, 1.54) is 155 Å². The Morgan fingerprint density at radius 2 is 0.697 bits per heavy atom. The van der Waals surface area contributed by atoms with Crippen molar-refractivity contribution in [2.45, 2.75) is 449 Å². The fraction of sp³-hybridized carbons (Fsp3) is 0.917. The van der Waals surface area contributed by atoms with Crippen LogP contribution in [-0.2, 0) is 71.2 Å². The smallest absolute Gasteiger partial charge is 0.220 e. The minimum atomic E-state index is -2.26. The molecule has 32 atom stereocenters. The molecule has 0 spiro atoms. The second-order valence-electron chi connectivity index (χ2n) is 33.1. The Morgan fingerprint density at radius 3 is 1.16 bits per heavy atom. The molecule has 6 heterocycles. The van der Waals surface area contributed by atoms with Crippen molar-refractivity contribution in [1.82, 2.24) is 16.0 Å². The van der Waals surface area contributed by atoms with E-state index in [0.717, 1.165) is 65.2 Å². The number of aliphatic hydroxyl groups excluding tert-OH is 17. The SMILES string of the molecule is CCCCCCCC/C=C\CCCCCCCCCCCCCCCC(=O)N[C@@H](CO[C@@H]1OC(CO)[C@@H](O[C@@H]2OC(CO)[C@H](O)[C@H](O[C@@H]3OC(CO)[C@@H](O[C@@H]4OC(CO)[C@H](O)[C@H](O[C@@H]5OC(CO)[C@@H](O)[C@H](O)C5NC(C)=O)C4O)[C@H](O[C@H]4OC(C)[C@@H](O)C(O)[C@@H]4O)C3NC(C)=O)C2O)[C@H](O)C1O)[C@H](O)/C=C/CCCCCCCCCCCCC. The van der Waals surface area contributed by atoms with E-state index in [0.29, 0.717) is 12.8 Å². The summed E-state index contributed by atoms with van der Waals surface area (Å²) >= 11 is 0. The molecule has 6 aliphatic heterocycles. The number of carbonyl (C=O) groups excluding carboxylic acids is 3. The molecule has 694 valence electrons. The Balaban J connectivity index is 1.11. The summed E-state index contributed by atoms with van der Waals surface area (Å²) in [6.45, 7) is 2.28. The Kier molecular flexibility index (Phi) is 50.4. The molecular formula is C84H151N3O32. The molecule has 0 aromatic heterocycles. The van der Waals surface area contributed by atoms with Crippen molar-refractivity contribution in [3.63, 3.8) is 0 Å². The summed E-state index contributed by atoms with van der Waals surface area (Å²) < 4.78 is 72.5. The van der Waals surface area contributed by atoms with Crippen molar-refractivity contribution in [1.29, 1.82) is 0 Å². The largest absolute Gasteiger partial charge is 0.394 e. The molecule has 0 aromatic carbocycles. The molecule has 6 fully saturated rings. The van der Waals surface area contributed by atoms with E-state index in [9.17, 15) is 101 Å². The van der Waals surface area contributed by atoms with Crippen LogP contribution < -0.4 is 16.0 Å². The van der Waals surface area contributed by atoms with Crippen LogP contribution in [0.4, 0.5) is 0 Å². The monoisotopic (exact) mass is 1710 g/mol. The third-order valence-corrected chi connectivity index (χ3v) is 23.3. The molecule has 119 heavy (non-hydrogen) atoms. The molecule has 20 N–H and O–H groups in total. The molecule has 12 unspecified atom stereocenters. The van der Waals surface area contributed by atoms with Crippen LogP contribution in [0.15, 0.2) is 24.3 Å². The van der Waals surface area contributed by atoms with E-state index in [4.69, 9.17) is 56.8 Å². The molecule has 0 radical (unpaired) electrons. The third kappa shape index (κ3) is 33.8. The highest BCUT2D eigenvalue weighted by molar-refractivity contribution is 5.76. The van der Waals surface area contributed by atoms with Gasteiger partial charge >= 0.3 is 0 Å². The van der Waals surface area contributed by atoms with Crippen molar-refractivity contribution in [2.75, 3.05) is 39.6 Å². The fourth-order valence-electron chi connectivity index (χ4n) is 16.1. The van der Waals surface area contributed by atoms with Crippen molar-refractivity contribution in [3.8, 4) is 0 Å². The van der Waals surface area contributed by atoms with Gasteiger partial charge in [0.2, 0.25) is 17.7 Å². The van der Waals surface area contributed by atoms with Crippen LogP contribution >= 0.6 is 0 Å². The molecule has 0 aromatic rings. The van der Waals surface area contributed by atoms with Crippen LogP contribution in [0.3, 0.4) is 0 Å². The number of hydrogen-bond donors (Lipinski definition) is 20. The first kappa shape index (κ1) is 105. The van der Waals surface area contributed by atoms with E-state index in [-0.39, 0.29) is 12.3 Å². The zero-order valence-corrected chi connectivity index (χ0v) is 70.8. The molecule has 0 bridgehead atoms. The van der Waals surface area contributed by atoms with E-state index in [1.807, 2.05) is 6.08 Å². The first-order chi connectivity index (χ1) is 57.3. The van der Waals surface area contributed by atoms with Crippen molar-refractivity contribution in [3.05, 3.63) is 24.3 Å². The Bertz CT molecular complexity index is 2780. The zero-order valence-electron chi connectivity index (χ0n) is 70.8. The van der Waals surface area contributed by atoms with Gasteiger partial charge in [-0.2, -0.15) is 0 Å². The van der Waals surface area contributed by atoms with Gasteiger partial charge in [-0.25, -0.2) is 0 Å². The van der Waals surface area contributed by atoms with Gasteiger partial charge in [0.05, 0.1) is 57.9 Å². The maximum atomic E-state index is 13.7. The first-order valence-corrected chi connectivity index (χ1v) is 44.5. The van der Waals surface area contributed by atoms with Crippen molar-refractivity contribution >= 4 is 17.7 Å². The highest BCUT2D eigenvalue weighted by atomic mass is 16.8. The average Bonchev–Trinajstić information content (AvgIpc) is 0.774. The van der Waals surface area contributed by atoms with Crippen molar-refractivity contribution < 1.29 is 158 Å². The lowest BCUT2D eigenvalue weighted by Gasteiger charge is -2.52. The molecule has 6 aliphatic rings. The van der Waals surface area contributed by atoms with Crippen LogP contribution in [-0.4, -0.2) is 340 Å². The van der Waals surface area contributed by atoms with Gasteiger partial charge in [0.25, 0.3) is 0 Å². The Hall–Kier alpha value is -3.27. The number of ether oxygens (including phenoxy) is 12. The third-order valence-electron chi connectivity index (χ3n) is 23.3. The lowest BCUT2D eigenvalue weighted by molar-refractivity contribution is -0.395. The summed E-state index contributed by atoms with van der Waals surface area (Å²) in [4.78, 5) is 39.4. The number of nitrogens with one attached hydrogen (secondary N) is 3. The maximum Gasteiger partial charge on any atom is 0.220 e. The van der Waals surface area contributed by atoms with Gasteiger partial charge in [0.15, 0.2) is 37.7 Å². The number of rotatable bonds is 58. The lowest BCUT2D eigenvalue weighted by atomic mass is 9.93. The standard InChI is InChI=1S/C84H151N3O32/c1-6-8-10-12-14-16-18-20-21-22-23-24-25-26-27-28-29-31-33-35-37-39-41-43-60(96)87-53(54(95)42-40-38-36-34-32-30-19-17-15-13-11-9-7-2)49-108-81-71(105)69(103)74(58(47-91)114-81)115-83-72(106)78(66(100)56(45-89)111-83)119-80-62(86-52(5)94)76(117-82-70(104)68(102)63(97)50(3)109-82)75(59(48-92)113-80)116-84-73(107)77(65(99)57(46-90)112-84)118-79-61(85-51(4)93)67(101)64(98)55(44-88)110-79/h20-21,40,42,50,53-59,61-84,88-92,95,97-107H,6-19,22-39,41,43-49H2,1-5H3,(H,85,93)(H,86,94)(H,87,96)/b21-20-,42-40+/t50?,53-,54+,55?,56?,57?,58?,59?,61?,62?,63+,64+,65-,66-,67+,68?,69+,70-,71?,72?,73?,74+,75+,76+,77-,78-,79-,80-,81+,82+,83-,84-/m0/s1. The minimum absolute atomic E-state index is 0.165. The predicted octanol–water partition coefficient (Wildman–Crippen LogP) is 1.50. The van der Waals surface area contributed by atoms with E-state index in [2.05, 4.69) is 41.9 Å². The summed E-state index contributed by atoms with van der Waals surface area (Å²) in [6, 6.07) is -4.62. The van der Waals surface area contributed by atoms with Gasteiger partial charge < -0.3 is 160 Å². The second kappa shape index (κ2) is 57.4. The number of aliphatic hydroxyl groups is 17. The molecule has 3 amide bonds. The topological polar surface area (TPSA) is 542 Å². The summed E-state index contributed by atoms with van der Waals surface area (Å²) in [5.41, 5.74) is 0. The molecular weight excluding hydrogens is 1560 g/mol. The summed E-state index contributed by atoms with van der Waals surface area (Å²) in [5.74, 6) is -2.02. The van der Waals surface area contributed by atoms with Crippen LogP contribution in [0.5, 0.6) is 0 Å². The predicted molar refractivity (Wildman–Crippen MR) is 429 cm³/mol. The maximum absolute atomic E-state index is 13.7. The van der Waals surface area contributed by atoms with Gasteiger partial charge in [0.1, 0.15) is 140 Å². The normalized spacial score (nSPS) is 35.8. The van der Waals surface area contributed by atoms with Gasteiger partial charge in [-0.05, 0) is 51.9 Å². The average molecular weight is 1720 g/mol. The van der Waals surface area contributed by atoms with Crippen LogP contribution in [0.1, 0.15) is 253 Å². The van der Waals surface area contributed by atoms with Gasteiger partial charge in [-0.15, -0.1) is 0 Å². The van der Waals surface area contributed by atoms with E-state index in [1.54, 1.807) is 6.08 Å². The number of unbranched alkanes of at least 4 members (excludes halogenated alkanes) is 30. The highest BCUT2D eigenvalue weighted by Gasteiger charge is 2.59. The highest BCUT2D eigenvalue weighted by Crippen LogP contribution is 2.39. The molecule has 0 saturated carbocycles. The van der Waals surface area contributed by atoms with Crippen LogP contribution in [0, 0.1) is 0 Å². The van der Waals surface area contributed by atoms with Gasteiger partial charge in [-0.3, -0.25) is 14.4 Å². The summed E-state index contributed by atoms with van der Waals surface area (Å²) in [7, 11) is 0. The summed E-state index contributed by atoms with van der Waals surface area (Å²) in [5, 5.41) is 199. The number of carbonyl (C=O) groups is 3. The molecule has 35 heteroatoms. The molecule has 6 saturated heterocycles. The first-order valence-electron chi connectivity index (χ1n) is 44.5. The van der Waals surface area contributed by atoms with E-state index < -0.39 is 248 Å². The minimum Gasteiger partial charge on any atom is -0.394 e. The van der Waals surface area contributed by atoms with Gasteiger partial charge in [-0.1, -0.05) is 205 Å². The second-order valence-corrected chi connectivity index (χ2v) is 33.1. The van der Waals surface area contributed by atoms with E-state index >= 15 is 0 Å². The summed E-state index contributed by atoms with van der Waals surface area (Å²) in [6.07, 6.45) is -8.45. The fourth-order valence-corrected chi connectivity index (χ4v) is 16.1. The molecule has 35 nitrogen and oxygen atoms in total. The Labute approximate surface area is 702 Å². The van der Waals surface area contributed by atoms with Crippen LogP contribution in [0.25, 0.3) is 0 Å². The van der Waals surface area contributed by atoms with Crippen molar-refractivity contribution in [2.24, 2.45) is 0 Å². The number of amides is 3. The molecule has 6 rings (SSSR count). The molecule has 0 aliphatic carbocycles. The quantitative estimate of drug-likeness (QED) is 0.0303.